The Bertz CT molecular complexity index is 210. The molecule has 94 valence electrons. The highest BCUT2D eigenvalue weighted by atomic mass is 16.5. The predicted octanol–water partition coefficient (Wildman–Crippen LogP) is 2.35. The van der Waals surface area contributed by atoms with Gasteiger partial charge in [-0.1, -0.05) is 26.7 Å². The topological polar surface area (TPSA) is 38.3 Å². The largest absolute Gasteiger partial charge is 0.468 e. The maximum absolute atomic E-state index is 11.4. The van der Waals surface area contributed by atoms with Gasteiger partial charge in [0.1, 0.15) is 6.04 Å². The zero-order valence-corrected chi connectivity index (χ0v) is 10.8. The normalized spacial score (nSPS) is 27.4. The van der Waals surface area contributed by atoms with Gasteiger partial charge in [-0.25, -0.2) is 0 Å². The summed E-state index contributed by atoms with van der Waals surface area (Å²) in [6.07, 6.45) is 6.07. The van der Waals surface area contributed by atoms with Crippen LogP contribution in [-0.4, -0.2) is 25.7 Å². The van der Waals surface area contributed by atoms with E-state index in [0.29, 0.717) is 0 Å². The van der Waals surface area contributed by atoms with Crippen molar-refractivity contribution in [2.24, 2.45) is 11.8 Å². The van der Waals surface area contributed by atoms with Gasteiger partial charge in [-0.15, -0.1) is 0 Å². The van der Waals surface area contributed by atoms with Gasteiger partial charge in [-0.05, 0) is 37.6 Å². The summed E-state index contributed by atoms with van der Waals surface area (Å²) in [5.41, 5.74) is 0. The van der Waals surface area contributed by atoms with E-state index >= 15 is 0 Å². The van der Waals surface area contributed by atoms with Crippen LogP contribution in [0.3, 0.4) is 0 Å². The lowest BCUT2D eigenvalue weighted by molar-refractivity contribution is -0.143. The van der Waals surface area contributed by atoms with Crippen molar-refractivity contribution in [1.82, 2.24) is 5.32 Å². The first-order valence-corrected chi connectivity index (χ1v) is 6.48. The van der Waals surface area contributed by atoms with Gasteiger partial charge in [-0.2, -0.15) is 0 Å². The molecule has 1 atom stereocenters. The number of nitrogens with one attached hydrogen (secondary N) is 1. The molecular weight excluding hydrogens is 202 g/mol. The van der Waals surface area contributed by atoms with Crippen LogP contribution in [0.4, 0.5) is 0 Å². The number of carbonyl (C=O) groups excluding carboxylic acids is 1. The molecule has 0 spiro atoms. The van der Waals surface area contributed by atoms with Gasteiger partial charge in [0, 0.05) is 0 Å². The molecular formula is C13H25NO2. The molecule has 1 aliphatic rings. The fourth-order valence-electron chi connectivity index (χ4n) is 2.38. The Labute approximate surface area is 98.9 Å². The number of hydrogen-bond donors (Lipinski definition) is 1. The smallest absolute Gasteiger partial charge is 0.322 e. The molecule has 0 aromatic rings. The summed E-state index contributed by atoms with van der Waals surface area (Å²) in [7, 11) is 1.45. The Morgan fingerprint density at radius 3 is 2.50 bits per heavy atom. The first-order valence-electron chi connectivity index (χ1n) is 6.48. The summed E-state index contributed by atoms with van der Waals surface area (Å²) >= 11 is 0. The summed E-state index contributed by atoms with van der Waals surface area (Å²) in [6.45, 7) is 5.30. The van der Waals surface area contributed by atoms with E-state index in [1.165, 1.54) is 32.8 Å². The van der Waals surface area contributed by atoms with Gasteiger partial charge in [0.25, 0.3) is 0 Å². The van der Waals surface area contributed by atoms with Crippen molar-refractivity contribution in [1.29, 1.82) is 0 Å². The third kappa shape index (κ3) is 4.12. The number of hydrogen-bond acceptors (Lipinski definition) is 3. The molecule has 3 nitrogen and oxygen atoms in total. The van der Waals surface area contributed by atoms with Crippen molar-refractivity contribution < 1.29 is 9.53 Å². The highest BCUT2D eigenvalue weighted by molar-refractivity contribution is 5.75. The molecule has 1 N–H and O–H groups in total. The lowest BCUT2D eigenvalue weighted by Gasteiger charge is -2.27. The van der Waals surface area contributed by atoms with Gasteiger partial charge in [0.15, 0.2) is 0 Å². The summed E-state index contributed by atoms with van der Waals surface area (Å²) in [4.78, 5) is 11.4. The summed E-state index contributed by atoms with van der Waals surface area (Å²) in [5, 5.41) is 3.33. The Kier molecular flexibility index (Phi) is 5.81. The van der Waals surface area contributed by atoms with Gasteiger partial charge >= 0.3 is 5.97 Å². The third-order valence-electron chi connectivity index (χ3n) is 3.68. The summed E-state index contributed by atoms with van der Waals surface area (Å²) < 4.78 is 4.76. The van der Waals surface area contributed by atoms with Crippen LogP contribution in [0.2, 0.25) is 0 Å². The van der Waals surface area contributed by atoms with E-state index in [1.807, 2.05) is 6.92 Å². The standard InChI is InChI=1S/C13H25NO2/c1-4-12(13(15)16-3)14-9-11-7-5-10(2)6-8-11/h10-12,14H,4-9H2,1-3H3. The van der Waals surface area contributed by atoms with E-state index < -0.39 is 0 Å². The Balaban J connectivity index is 2.24. The third-order valence-corrected chi connectivity index (χ3v) is 3.68. The zero-order chi connectivity index (χ0) is 12.0. The minimum absolute atomic E-state index is 0.121. The van der Waals surface area contributed by atoms with Crippen molar-refractivity contribution in [2.75, 3.05) is 13.7 Å². The number of methoxy groups -OCH3 is 1. The van der Waals surface area contributed by atoms with E-state index in [1.54, 1.807) is 0 Å². The molecule has 1 saturated carbocycles. The highest BCUT2D eigenvalue weighted by Crippen LogP contribution is 2.27. The molecule has 0 aliphatic heterocycles. The van der Waals surface area contributed by atoms with Gasteiger partial charge in [0.05, 0.1) is 7.11 Å². The molecule has 3 heteroatoms. The van der Waals surface area contributed by atoms with Crippen LogP contribution >= 0.6 is 0 Å². The molecule has 1 unspecified atom stereocenters. The Morgan fingerprint density at radius 2 is 2.00 bits per heavy atom. The summed E-state index contributed by atoms with van der Waals surface area (Å²) in [5.74, 6) is 1.50. The molecule has 1 fully saturated rings. The number of ether oxygens (including phenoxy) is 1. The van der Waals surface area contributed by atoms with E-state index in [9.17, 15) is 4.79 Å². The van der Waals surface area contributed by atoms with Crippen molar-refractivity contribution >= 4 is 5.97 Å². The fraction of sp³-hybridized carbons (Fsp3) is 0.923. The van der Waals surface area contributed by atoms with E-state index in [0.717, 1.165) is 24.8 Å². The molecule has 1 aliphatic carbocycles. The van der Waals surface area contributed by atoms with Gasteiger partial charge in [0.2, 0.25) is 0 Å². The minimum atomic E-state index is -0.133. The molecule has 0 heterocycles. The average molecular weight is 227 g/mol. The monoisotopic (exact) mass is 227 g/mol. The first kappa shape index (κ1) is 13.5. The Hall–Kier alpha value is -0.570. The zero-order valence-electron chi connectivity index (χ0n) is 10.8. The average Bonchev–Trinajstić information content (AvgIpc) is 2.31. The maximum Gasteiger partial charge on any atom is 0.322 e. The van der Waals surface area contributed by atoms with E-state index in [4.69, 9.17) is 4.74 Å². The van der Waals surface area contributed by atoms with E-state index in [-0.39, 0.29) is 12.0 Å². The number of esters is 1. The van der Waals surface area contributed by atoms with Crippen molar-refractivity contribution in [3.63, 3.8) is 0 Å². The predicted molar refractivity (Wildman–Crippen MR) is 65.2 cm³/mol. The van der Waals surface area contributed by atoms with Crippen molar-refractivity contribution in [3.05, 3.63) is 0 Å². The second kappa shape index (κ2) is 6.89. The maximum atomic E-state index is 11.4. The van der Waals surface area contributed by atoms with Crippen LogP contribution in [0.5, 0.6) is 0 Å². The molecule has 0 aromatic heterocycles. The summed E-state index contributed by atoms with van der Waals surface area (Å²) in [6, 6.07) is -0.121. The van der Waals surface area contributed by atoms with E-state index in [2.05, 4.69) is 12.2 Å². The molecule has 16 heavy (non-hydrogen) atoms. The molecule has 0 radical (unpaired) electrons. The lowest BCUT2D eigenvalue weighted by atomic mass is 9.83. The van der Waals surface area contributed by atoms with Crippen LogP contribution in [0.1, 0.15) is 46.0 Å². The highest BCUT2D eigenvalue weighted by Gasteiger charge is 2.21. The first-order chi connectivity index (χ1) is 7.67. The SMILES string of the molecule is CCC(NCC1CCC(C)CC1)C(=O)OC. The molecule has 1 rings (SSSR count). The van der Waals surface area contributed by atoms with Crippen molar-refractivity contribution in [3.8, 4) is 0 Å². The minimum Gasteiger partial charge on any atom is -0.468 e. The van der Waals surface area contributed by atoms with Crippen LogP contribution in [0.15, 0.2) is 0 Å². The van der Waals surface area contributed by atoms with Crippen LogP contribution in [0, 0.1) is 11.8 Å². The number of rotatable bonds is 5. The second-order valence-corrected chi connectivity index (χ2v) is 5.02. The molecule has 0 bridgehead atoms. The van der Waals surface area contributed by atoms with Crippen LogP contribution in [0.25, 0.3) is 0 Å². The second-order valence-electron chi connectivity index (χ2n) is 5.02. The molecule has 0 amide bonds. The van der Waals surface area contributed by atoms with Crippen LogP contribution < -0.4 is 5.32 Å². The molecule has 0 saturated heterocycles. The van der Waals surface area contributed by atoms with Crippen LogP contribution in [-0.2, 0) is 9.53 Å². The fourth-order valence-corrected chi connectivity index (χ4v) is 2.38. The quantitative estimate of drug-likeness (QED) is 0.733. The molecule has 0 aromatic carbocycles. The van der Waals surface area contributed by atoms with Crippen molar-refractivity contribution in [2.45, 2.75) is 52.0 Å². The Morgan fingerprint density at radius 1 is 1.38 bits per heavy atom. The van der Waals surface area contributed by atoms with Gasteiger partial charge in [-0.3, -0.25) is 4.79 Å². The lowest BCUT2D eigenvalue weighted by Crippen LogP contribution is -2.40. The van der Waals surface area contributed by atoms with Gasteiger partial charge < -0.3 is 10.1 Å². The number of carbonyl (C=O) groups is 1.